The largest absolute Gasteiger partial charge is 0.497 e. The van der Waals surface area contributed by atoms with Crippen LogP contribution in [0.2, 0.25) is 5.02 Å². The predicted octanol–water partition coefficient (Wildman–Crippen LogP) is 5.13. The van der Waals surface area contributed by atoms with Gasteiger partial charge in [-0.15, -0.1) is 0 Å². The molecule has 1 atom stereocenters. The molecule has 3 aromatic carbocycles. The number of fused-ring (bicyclic) bond motifs is 1. The van der Waals surface area contributed by atoms with Crippen LogP contribution in [0.3, 0.4) is 0 Å². The van der Waals surface area contributed by atoms with E-state index in [0.29, 0.717) is 49.7 Å². The lowest BCUT2D eigenvalue weighted by Crippen LogP contribution is -2.10. The second-order valence-corrected chi connectivity index (χ2v) is 8.63. The summed E-state index contributed by atoms with van der Waals surface area (Å²) in [5.41, 5.74) is 2.60. The van der Waals surface area contributed by atoms with Crippen LogP contribution in [0.4, 0.5) is 23.0 Å². The van der Waals surface area contributed by atoms with Gasteiger partial charge in [0.25, 0.3) is 0 Å². The van der Waals surface area contributed by atoms with Gasteiger partial charge in [-0.2, -0.15) is 0 Å². The number of benzene rings is 3. The van der Waals surface area contributed by atoms with Crippen LogP contribution in [-0.2, 0) is 15.8 Å². The number of nitrogens with zero attached hydrogens (tertiary/aromatic N) is 2. The monoisotopic (exact) mass is 481 g/mol. The summed E-state index contributed by atoms with van der Waals surface area (Å²) in [7, 11) is -0.0146. The first kappa shape index (κ1) is 22.5. The summed E-state index contributed by atoms with van der Waals surface area (Å²) in [6.07, 6.45) is 0. The fourth-order valence-electron chi connectivity index (χ4n) is 3.00. The number of nitrogens with one attached hydrogen (secondary N) is 3. The van der Waals surface area contributed by atoms with Crippen molar-refractivity contribution in [1.82, 2.24) is 9.97 Å². The Morgan fingerprint density at radius 1 is 0.909 bits per heavy atom. The van der Waals surface area contributed by atoms with Gasteiger partial charge < -0.3 is 15.4 Å². The fourth-order valence-corrected chi connectivity index (χ4v) is 3.95. The van der Waals surface area contributed by atoms with Crippen LogP contribution < -0.4 is 20.1 Å². The Morgan fingerprint density at radius 3 is 2.24 bits per heavy atom. The van der Waals surface area contributed by atoms with E-state index in [1.54, 1.807) is 73.8 Å². The third-order valence-corrected chi connectivity index (χ3v) is 5.89. The maximum absolute atomic E-state index is 12.9. The third-order valence-electron chi connectivity index (χ3n) is 4.56. The maximum Gasteiger partial charge on any atom is 0.221 e. The van der Waals surface area contributed by atoms with Crippen molar-refractivity contribution in [1.29, 1.82) is 0 Å². The highest BCUT2D eigenvalue weighted by Gasteiger charge is 2.14. The molecular formula is C23H20ClN5O3S. The molecule has 0 aliphatic heterocycles. The molecule has 0 spiro atoms. The number of anilines is 4. The molecular weight excluding hydrogens is 462 g/mol. The summed E-state index contributed by atoms with van der Waals surface area (Å²) in [6.45, 7) is 1.45. The summed E-state index contributed by atoms with van der Waals surface area (Å²) in [5, 5.41) is 6.48. The average molecular weight is 482 g/mol. The Hall–Kier alpha value is -3.69. The molecule has 3 N–H and O–H groups in total. The summed E-state index contributed by atoms with van der Waals surface area (Å²) < 4.78 is 21.1. The van der Waals surface area contributed by atoms with Crippen molar-refractivity contribution in [2.24, 2.45) is 0 Å². The van der Waals surface area contributed by atoms with E-state index in [1.165, 1.54) is 6.92 Å². The molecule has 0 aliphatic rings. The zero-order valence-corrected chi connectivity index (χ0v) is 19.3. The minimum absolute atomic E-state index is 0.152. The molecule has 1 amide bonds. The van der Waals surface area contributed by atoms with Crippen molar-refractivity contribution in [3.8, 4) is 5.75 Å². The first-order valence-electron chi connectivity index (χ1n) is 9.86. The smallest absolute Gasteiger partial charge is 0.221 e. The minimum Gasteiger partial charge on any atom is -0.497 e. The maximum atomic E-state index is 12.9. The van der Waals surface area contributed by atoms with E-state index in [9.17, 15) is 9.00 Å². The number of halogens is 1. The van der Waals surface area contributed by atoms with Crippen molar-refractivity contribution in [3.05, 3.63) is 71.8 Å². The van der Waals surface area contributed by atoms with E-state index in [-0.39, 0.29) is 5.91 Å². The predicted molar refractivity (Wildman–Crippen MR) is 132 cm³/mol. The minimum atomic E-state index is -1.59. The molecule has 168 valence electrons. The van der Waals surface area contributed by atoms with Gasteiger partial charge in [0, 0.05) is 29.4 Å². The Bertz CT molecular complexity index is 1330. The van der Waals surface area contributed by atoms with Crippen LogP contribution in [0.25, 0.3) is 11.0 Å². The zero-order chi connectivity index (χ0) is 23.4. The first-order chi connectivity index (χ1) is 15.9. The lowest BCUT2D eigenvalue weighted by Gasteiger charge is -2.14. The number of rotatable bonds is 7. The van der Waals surface area contributed by atoms with Crippen LogP contribution >= 0.6 is 11.6 Å². The molecule has 0 fully saturated rings. The van der Waals surface area contributed by atoms with E-state index >= 15 is 0 Å². The van der Waals surface area contributed by atoms with Gasteiger partial charge in [-0.05, 0) is 60.7 Å². The van der Waals surface area contributed by atoms with Crippen LogP contribution in [0.15, 0.2) is 71.6 Å². The Labute approximate surface area is 197 Å². The van der Waals surface area contributed by atoms with E-state index in [1.807, 2.05) is 0 Å². The quantitative estimate of drug-likeness (QED) is 0.338. The van der Waals surface area contributed by atoms with E-state index in [4.69, 9.17) is 16.3 Å². The molecule has 0 saturated carbocycles. The standard InChI is InChI=1S/C23H20ClN5O3S/c1-14(30)25-16-5-7-17(8-6-16)26-22-23(29-33(31)19-10-3-15(24)4-11-19)27-20-12-9-18(32-2)13-21(20)28-22/h3-13H,1-2H3,(H,25,30)(H,26,28)(H,27,29). The van der Waals surface area contributed by atoms with Gasteiger partial charge >= 0.3 is 0 Å². The van der Waals surface area contributed by atoms with Crippen LogP contribution in [0.1, 0.15) is 6.92 Å². The van der Waals surface area contributed by atoms with Gasteiger partial charge in [0.05, 0.1) is 23.0 Å². The highest BCUT2D eigenvalue weighted by Crippen LogP contribution is 2.28. The number of amides is 1. The summed E-state index contributed by atoms with van der Waals surface area (Å²) >= 11 is 5.94. The zero-order valence-electron chi connectivity index (χ0n) is 17.8. The highest BCUT2D eigenvalue weighted by atomic mass is 35.5. The fraction of sp³-hybridized carbons (Fsp3) is 0.0870. The van der Waals surface area contributed by atoms with Gasteiger partial charge in [0.2, 0.25) is 5.91 Å². The molecule has 0 saturated heterocycles. The molecule has 4 rings (SSSR count). The molecule has 4 aromatic rings. The second-order valence-electron chi connectivity index (χ2n) is 6.98. The first-order valence-corrected chi connectivity index (χ1v) is 11.4. The number of methoxy groups -OCH3 is 1. The number of aromatic nitrogens is 2. The Kier molecular flexibility index (Phi) is 6.71. The average Bonchev–Trinajstić information content (AvgIpc) is 2.80. The van der Waals surface area contributed by atoms with Crippen LogP contribution in [-0.4, -0.2) is 27.2 Å². The number of hydrogen-bond acceptors (Lipinski definition) is 6. The van der Waals surface area contributed by atoms with E-state index in [0.717, 1.165) is 0 Å². The van der Waals surface area contributed by atoms with Crippen LogP contribution in [0.5, 0.6) is 5.75 Å². The van der Waals surface area contributed by atoms with Crippen molar-refractivity contribution >= 4 is 62.5 Å². The number of carbonyl (C=O) groups excluding carboxylic acids is 1. The number of ether oxygens (including phenoxy) is 1. The Balaban J connectivity index is 1.69. The number of carbonyl (C=O) groups is 1. The second kappa shape index (κ2) is 9.85. The van der Waals surface area contributed by atoms with Gasteiger partial charge in [-0.25, -0.2) is 14.2 Å². The lowest BCUT2D eigenvalue weighted by atomic mass is 10.2. The lowest BCUT2D eigenvalue weighted by molar-refractivity contribution is -0.114. The highest BCUT2D eigenvalue weighted by molar-refractivity contribution is 7.86. The molecule has 1 aromatic heterocycles. The van der Waals surface area contributed by atoms with Crippen molar-refractivity contribution in [2.75, 3.05) is 22.5 Å². The molecule has 1 unspecified atom stereocenters. The molecule has 0 aliphatic carbocycles. The van der Waals surface area contributed by atoms with Gasteiger partial charge in [0.1, 0.15) is 5.75 Å². The molecule has 33 heavy (non-hydrogen) atoms. The van der Waals surface area contributed by atoms with Crippen molar-refractivity contribution in [2.45, 2.75) is 11.8 Å². The normalized spacial score (nSPS) is 11.6. The van der Waals surface area contributed by atoms with Gasteiger partial charge in [-0.3, -0.25) is 9.52 Å². The Morgan fingerprint density at radius 2 is 1.58 bits per heavy atom. The third kappa shape index (κ3) is 5.57. The van der Waals surface area contributed by atoms with Gasteiger partial charge in [-0.1, -0.05) is 11.6 Å². The molecule has 0 radical (unpaired) electrons. The van der Waals surface area contributed by atoms with Crippen LogP contribution in [0, 0.1) is 0 Å². The van der Waals surface area contributed by atoms with Crippen molar-refractivity contribution in [3.63, 3.8) is 0 Å². The van der Waals surface area contributed by atoms with Gasteiger partial charge in [0.15, 0.2) is 22.6 Å². The topological polar surface area (TPSA) is 105 Å². The molecule has 1 heterocycles. The summed E-state index contributed by atoms with van der Waals surface area (Å²) in [4.78, 5) is 21.1. The molecule has 8 nitrogen and oxygen atoms in total. The molecule has 10 heteroatoms. The van der Waals surface area contributed by atoms with Crippen molar-refractivity contribution < 1.29 is 13.7 Å². The van der Waals surface area contributed by atoms with E-state index < -0.39 is 11.0 Å². The summed E-state index contributed by atoms with van der Waals surface area (Å²) in [6, 6.07) is 19.2. The SMILES string of the molecule is COc1ccc2nc(NS(=O)c3ccc(Cl)cc3)c(Nc3ccc(NC(C)=O)cc3)nc2c1. The molecule has 0 bridgehead atoms. The van der Waals surface area contributed by atoms with E-state index in [2.05, 4.69) is 25.3 Å². The number of hydrogen-bond donors (Lipinski definition) is 3. The summed E-state index contributed by atoms with van der Waals surface area (Å²) in [5.74, 6) is 1.19.